The van der Waals surface area contributed by atoms with Crippen LogP contribution >= 0.6 is 0 Å². The van der Waals surface area contributed by atoms with Crippen LogP contribution in [0, 0.1) is 5.92 Å². The summed E-state index contributed by atoms with van der Waals surface area (Å²) in [5.41, 5.74) is 5.65. The molecule has 1 aliphatic rings. The second kappa shape index (κ2) is 4.21. The van der Waals surface area contributed by atoms with E-state index in [9.17, 15) is 9.90 Å². The van der Waals surface area contributed by atoms with Crippen molar-refractivity contribution in [2.24, 2.45) is 5.92 Å². The first-order valence-corrected chi connectivity index (χ1v) is 5.87. The first-order chi connectivity index (χ1) is 9.15. The molecule has 0 unspecified atom stereocenters. The number of hydrogen-bond acceptors (Lipinski definition) is 7. The average molecular weight is 266 g/mol. The Kier molecular flexibility index (Phi) is 2.64. The summed E-state index contributed by atoms with van der Waals surface area (Å²) >= 11 is 0. The molecule has 9 heteroatoms. The van der Waals surface area contributed by atoms with Crippen molar-refractivity contribution in [3.8, 4) is 0 Å². The predicted octanol–water partition coefficient (Wildman–Crippen LogP) is -2.38. The topological polar surface area (TPSA) is 133 Å². The number of aliphatic hydroxyl groups excluding tert-OH is 2. The van der Waals surface area contributed by atoms with Crippen LogP contribution in [0.25, 0.3) is 11.2 Å². The number of aromatic nitrogens is 4. The molecule has 0 radical (unpaired) electrons. The molecular formula is C10H14N6O3. The molecule has 0 aromatic carbocycles. The van der Waals surface area contributed by atoms with Gasteiger partial charge in [-0.2, -0.15) is 4.98 Å². The van der Waals surface area contributed by atoms with Gasteiger partial charge in [0.15, 0.2) is 11.2 Å². The smallest absolute Gasteiger partial charge is 0.280 e. The summed E-state index contributed by atoms with van der Waals surface area (Å²) in [6, 6.07) is -0.218. The summed E-state index contributed by atoms with van der Waals surface area (Å²) in [7, 11) is 0. The second-order valence-corrected chi connectivity index (χ2v) is 4.53. The Morgan fingerprint density at radius 1 is 1.47 bits per heavy atom. The van der Waals surface area contributed by atoms with Gasteiger partial charge in [0.2, 0.25) is 5.95 Å². The van der Waals surface area contributed by atoms with E-state index in [1.54, 1.807) is 9.69 Å². The van der Waals surface area contributed by atoms with Crippen molar-refractivity contribution in [1.29, 1.82) is 0 Å². The summed E-state index contributed by atoms with van der Waals surface area (Å²) in [4.78, 5) is 22.1. The molecule has 2 atom stereocenters. The van der Waals surface area contributed by atoms with Crippen LogP contribution in [0.15, 0.2) is 11.1 Å². The van der Waals surface area contributed by atoms with Crippen LogP contribution in [-0.2, 0) is 0 Å². The van der Waals surface area contributed by atoms with Crippen molar-refractivity contribution in [2.45, 2.75) is 6.04 Å². The number of fused-ring (bicyclic) bond motifs is 1. The SMILES string of the molecule is Nc1nc2c(ncn2N2C[C@H](CO)[C@H]2CO)c(=O)[nH]1. The fourth-order valence-electron chi connectivity index (χ4n) is 2.38. The zero-order valence-corrected chi connectivity index (χ0v) is 10.0. The Bertz CT molecular complexity index is 665. The van der Waals surface area contributed by atoms with Crippen molar-refractivity contribution in [2.75, 3.05) is 30.5 Å². The number of aliphatic hydroxyl groups is 2. The molecule has 19 heavy (non-hydrogen) atoms. The third-order valence-electron chi connectivity index (χ3n) is 3.45. The first kappa shape index (κ1) is 11.9. The number of nitrogens with zero attached hydrogens (tertiary/aromatic N) is 4. The van der Waals surface area contributed by atoms with Gasteiger partial charge in [0, 0.05) is 19.1 Å². The maximum Gasteiger partial charge on any atom is 0.280 e. The highest BCUT2D eigenvalue weighted by molar-refractivity contribution is 5.71. The van der Waals surface area contributed by atoms with Crippen LogP contribution in [-0.4, -0.2) is 55.6 Å². The zero-order chi connectivity index (χ0) is 13.6. The lowest BCUT2D eigenvalue weighted by molar-refractivity contribution is 0.0900. The fourth-order valence-corrected chi connectivity index (χ4v) is 2.38. The van der Waals surface area contributed by atoms with E-state index in [2.05, 4.69) is 15.0 Å². The largest absolute Gasteiger partial charge is 0.396 e. The van der Waals surface area contributed by atoms with Crippen molar-refractivity contribution in [3.63, 3.8) is 0 Å². The maximum atomic E-state index is 11.7. The number of nitrogens with one attached hydrogen (secondary N) is 1. The van der Waals surface area contributed by atoms with E-state index in [-0.39, 0.29) is 36.6 Å². The van der Waals surface area contributed by atoms with Crippen LogP contribution in [0.5, 0.6) is 0 Å². The maximum absolute atomic E-state index is 11.7. The van der Waals surface area contributed by atoms with Crippen LogP contribution < -0.4 is 16.3 Å². The average Bonchev–Trinajstić information content (AvgIpc) is 2.73. The molecule has 1 fully saturated rings. The molecule has 0 saturated carbocycles. The molecule has 1 aliphatic heterocycles. The molecule has 1 saturated heterocycles. The summed E-state index contributed by atoms with van der Waals surface area (Å²) in [5, 5.41) is 20.3. The molecule has 0 amide bonds. The number of imidazole rings is 1. The zero-order valence-electron chi connectivity index (χ0n) is 10.0. The highest BCUT2D eigenvalue weighted by atomic mass is 16.3. The molecule has 2 aromatic rings. The van der Waals surface area contributed by atoms with Gasteiger partial charge in [0.1, 0.15) is 6.33 Å². The Morgan fingerprint density at radius 3 is 2.95 bits per heavy atom. The van der Waals surface area contributed by atoms with Gasteiger partial charge >= 0.3 is 0 Å². The number of H-pyrrole nitrogens is 1. The summed E-state index contributed by atoms with van der Waals surface area (Å²) in [6.07, 6.45) is 1.46. The van der Waals surface area contributed by atoms with Crippen molar-refractivity contribution < 1.29 is 10.2 Å². The molecule has 3 rings (SSSR count). The van der Waals surface area contributed by atoms with Gasteiger partial charge in [-0.15, -0.1) is 0 Å². The number of rotatable bonds is 3. The van der Waals surface area contributed by atoms with Gasteiger partial charge in [0.25, 0.3) is 5.56 Å². The van der Waals surface area contributed by atoms with E-state index in [0.717, 1.165) is 0 Å². The standard InChI is InChI=1S/C10H14N6O3/c11-10-13-8-7(9(19)14-10)12-4-16(8)15-1-5(2-17)6(15)3-18/h4-6,17-18H,1-3H2,(H3,11,13,14,19)/t5-,6-/m1/s1. The number of anilines is 1. The monoisotopic (exact) mass is 266 g/mol. The van der Waals surface area contributed by atoms with E-state index >= 15 is 0 Å². The van der Waals surface area contributed by atoms with Gasteiger partial charge in [-0.1, -0.05) is 0 Å². The summed E-state index contributed by atoms with van der Waals surface area (Å²) in [6.45, 7) is 0.468. The van der Waals surface area contributed by atoms with Crippen molar-refractivity contribution >= 4 is 17.1 Å². The highest BCUT2D eigenvalue weighted by Crippen LogP contribution is 2.24. The Balaban J connectivity index is 2.05. The molecule has 3 heterocycles. The van der Waals surface area contributed by atoms with Gasteiger partial charge in [-0.05, 0) is 0 Å². The Labute approximate surface area is 107 Å². The van der Waals surface area contributed by atoms with Gasteiger partial charge in [0.05, 0.1) is 12.6 Å². The fraction of sp³-hybridized carbons (Fsp3) is 0.500. The minimum atomic E-state index is -0.402. The molecule has 0 aliphatic carbocycles. The molecule has 9 nitrogen and oxygen atoms in total. The summed E-state index contributed by atoms with van der Waals surface area (Å²) in [5.74, 6) is 0.0147. The van der Waals surface area contributed by atoms with Crippen molar-refractivity contribution in [1.82, 2.24) is 19.6 Å². The molecule has 5 N–H and O–H groups in total. The first-order valence-electron chi connectivity index (χ1n) is 5.87. The molecular weight excluding hydrogens is 252 g/mol. The van der Waals surface area contributed by atoms with Crippen LogP contribution in [0.3, 0.4) is 0 Å². The minimum absolute atomic E-state index is 0.00166. The molecule has 0 spiro atoms. The third kappa shape index (κ3) is 1.66. The number of hydrogen-bond donors (Lipinski definition) is 4. The predicted molar refractivity (Wildman–Crippen MR) is 67.1 cm³/mol. The van der Waals surface area contributed by atoms with Crippen molar-refractivity contribution in [3.05, 3.63) is 16.7 Å². The van der Waals surface area contributed by atoms with Gasteiger partial charge < -0.3 is 21.0 Å². The molecule has 102 valence electrons. The van der Waals surface area contributed by atoms with Gasteiger partial charge in [-0.3, -0.25) is 9.78 Å². The van der Waals surface area contributed by atoms with E-state index in [1.807, 2.05) is 0 Å². The quantitative estimate of drug-likeness (QED) is 0.487. The minimum Gasteiger partial charge on any atom is -0.396 e. The number of nitrogens with two attached hydrogens (primary N) is 1. The van der Waals surface area contributed by atoms with E-state index in [0.29, 0.717) is 12.2 Å². The van der Waals surface area contributed by atoms with Crippen LogP contribution in [0.2, 0.25) is 0 Å². The third-order valence-corrected chi connectivity index (χ3v) is 3.45. The Hall–Kier alpha value is -2.13. The summed E-state index contributed by atoms with van der Waals surface area (Å²) < 4.78 is 1.59. The van der Waals surface area contributed by atoms with Crippen LogP contribution in [0.1, 0.15) is 0 Å². The van der Waals surface area contributed by atoms with E-state index < -0.39 is 5.56 Å². The lowest BCUT2D eigenvalue weighted by Crippen LogP contribution is -2.64. The van der Waals surface area contributed by atoms with Crippen LogP contribution in [0.4, 0.5) is 5.95 Å². The lowest BCUT2D eigenvalue weighted by atomic mass is 9.92. The lowest BCUT2D eigenvalue weighted by Gasteiger charge is -2.47. The van der Waals surface area contributed by atoms with E-state index in [1.165, 1.54) is 6.33 Å². The second-order valence-electron chi connectivity index (χ2n) is 4.53. The normalized spacial score (nSPS) is 22.7. The number of aromatic amines is 1. The molecule has 0 bridgehead atoms. The Morgan fingerprint density at radius 2 is 2.26 bits per heavy atom. The number of nitrogen functional groups attached to an aromatic ring is 1. The molecule has 2 aromatic heterocycles. The highest BCUT2D eigenvalue weighted by Gasteiger charge is 2.39. The van der Waals surface area contributed by atoms with E-state index in [4.69, 9.17) is 10.8 Å². The van der Waals surface area contributed by atoms with Gasteiger partial charge in [-0.25, -0.2) is 9.66 Å².